The number of rotatable bonds is 6. The van der Waals surface area contributed by atoms with Gasteiger partial charge in [-0.2, -0.15) is 0 Å². The Balaban J connectivity index is 1.62. The number of amides is 1. The van der Waals surface area contributed by atoms with Gasteiger partial charge in [-0.3, -0.25) is 4.79 Å². The first-order chi connectivity index (χ1) is 13.6. The van der Waals surface area contributed by atoms with Crippen molar-refractivity contribution in [3.63, 3.8) is 0 Å². The van der Waals surface area contributed by atoms with E-state index in [1.165, 1.54) is 0 Å². The lowest BCUT2D eigenvalue weighted by Gasteiger charge is -2.11. The number of aromatic nitrogens is 2. The molecule has 4 aromatic rings. The summed E-state index contributed by atoms with van der Waals surface area (Å²) in [4.78, 5) is 17.3. The summed E-state index contributed by atoms with van der Waals surface area (Å²) in [5, 5.41) is 3.78. The Labute approximate surface area is 171 Å². The number of para-hydroxylation sites is 2. The summed E-state index contributed by atoms with van der Waals surface area (Å²) in [6.07, 6.45) is 2.26. The number of nitrogens with zero attached hydrogens (tertiary/aromatic N) is 2. The van der Waals surface area contributed by atoms with Crippen molar-refractivity contribution in [2.24, 2.45) is 0 Å². The van der Waals surface area contributed by atoms with E-state index in [4.69, 9.17) is 27.6 Å². The van der Waals surface area contributed by atoms with Crippen LogP contribution >= 0.6 is 23.2 Å². The fourth-order valence-corrected chi connectivity index (χ4v) is 3.48. The SMILES string of the molecule is O=C(Cn1c(-c2cccc(Cl)c2Cl)nc2ccccc21)NCCc1ccco1. The van der Waals surface area contributed by atoms with Crippen molar-refractivity contribution in [2.45, 2.75) is 13.0 Å². The van der Waals surface area contributed by atoms with Crippen LogP contribution in [0.15, 0.2) is 65.3 Å². The van der Waals surface area contributed by atoms with Crippen molar-refractivity contribution in [1.82, 2.24) is 14.9 Å². The summed E-state index contributed by atoms with van der Waals surface area (Å²) in [6, 6.07) is 16.8. The zero-order valence-corrected chi connectivity index (χ0v) is 16.4. The van der Waals surface area contributed by atoms with E-state index in [9.17, 15) is 4.79 Å². The number of benzene rings is 2. The van der Waals surface area contributed by atoms with Crippen LogP contribution in [-0.2, 0) is 17.8 Å². The van der Waals surface area contributed by atoms with E-state index < -0.39 is 0 Å². The highest BCUT2D eigenvalue weighted by Gasteiger charge is 2.18. The van der Waals surface area contributed by atoms with Crippen molar-refractivity contribution >= 4 is 40.1 Å². The van der Waals surface area contributed by atoms with Crippen LogP contribution in [-0.4, -0.2) is 22.0 Å². The number of fused-ring (bicyclic) bond motifs is 1. The molecule has 1 amide bonds. The van der Waals surface area contributed by atoms with Gasteiger partial charge in [-0.25, -0.2) is 4.98 Å². The van der Waals surface area contributed by atoms with Gasteiger partial charge in [0.2, 0.25) is 5.91 Å². The number of hydrogen-bond acceptors (Lipinski definition) is 3. The number of hydrogen-bond donors (Lipinski definition) is 1. The second kappa shape index (κ2) is 8.09. The fourth-order valence-electron chi connectivity index (χ4n) is 3.10. The average molecular weight is 414 g/mol. The molecule has 2 heterocycles. The standard InChI is InChI=1S/C21H17Cl2N3O2/c22-16-7-3-6-15(20(16)23)21-25-17-8-1-2-9-18(17)26(21)13-19(27)24-11-10-14-5-4-12-28-14/h1-9,12H,10-11,13H2,(H,24,27). The summed E-state index contributed by atoms with van der Waals surface area (Å²) >= 11 is 12.6. The molecule has 4 rings (SSSR count). The molecule has 0 atom stereocenters. The Bertz CT molecular complexity index is 1120. The Morgan fingerprint density at radius 3 is 2.75 bits per heavy atom. The summed E-state index contributed by atoms with van der Waals surface area (Å²) in [6.45, 7) is 0.614. The summed E-state index contributed by atoms with van der Waals surface area (Å²) in [5.74, 6) is 1.32. The molecule has 0 aliphatic rings. The van der Waals surface area contributed by atoms with Crippen LogP contribution in [0, 0.1) is 0 Å². The van der Waals surface area contributed by atoms with Crippen LogP contribution in [0.4, 0.5) is 0 Å². The first-order valence-corrected chi connectivity index (χ1v) is 9.58. The molecule has 7 heteroatoms. The van der Waals surface area contributed by atoms with Crippen LogP contribution < -0.4 is 5.32 Å². The van der Waals surface area contributed by atoms with Gasteiger partial charge < -0.3 is 14.3 Å². The Morgan fingerprint density at radius 2 is 1.93 bits per heavy atom. The van der Waals surface area contributed by atoms with Gasteiger partial charge in [0.15, 0.2) is 0 Å². The molecular weight excluding hydrogens is 397 g/mol. The lowest BCUT2D eigenvalue weighted by molar-refractivity contribution is -0.121. The van der Waals surface area contributed by atoms with Gasteiger partial charge >= 0.3 is 0 Å². The maximum Gasteiger partial charge on any atom is 0.240 e. The molecule has 0 fully saturated rings. The molecule has 0 aliphatic carbocycles. The van der Waals surface area contributed by atoms with Crippen LogP contribution in [0.1, 0.15) is 5.76 Å². The van der Waals surface area contributed by atoms with Crippen molar-refractivity contribution < 1.29 is 9.21 Å². The molecule has 0 bridgehead atoms. The predicted molar refractivity (Wildman–Crippen MR) is 111 cm³/mol. The molecule has 1 N–H and O–H groups in total. The zero-order chi connectivity index (χ0) is 19.5. The minimum Gasteiger partial charge on any atom is -0.469 e. The molecule has 2 aromatic carbocycles. The second-order valence-corrected chi connectivity index (χ2v) is 7.08. The smallest absolute Gasteiger partial charge is 0.240 e. The monoisotopic (exact) mass is 413 g/mol. The first kappa shape index (κ1) is 18.6. The molecule has 2 aromatic heterocycles. The molecule has 0 spiro atoms. The van der Waals surface area contributed by atoms with Crippen molar-refractivity contribution in [1.29, 1.82) is 0 Å². The zero-order valence-electron chi connectivity index (χ0n) is 14.9. The minimum absolute atomic E-state index is 0.117. The van der Waals surface area contributed by atoms with Crippen LogP contribution in [0.25, 0.3) is 22.4 Å². The third kappa shape index (κ3) is 3.77. The summed E-state index contributed by atoms with van der Waals surface area (Å²) < 4.78 is 7.14. The van der Waals surface area contributed by atoms with Gasteiger partial charge in [-0.1, -0.05) is 41.4 Å². The topological polar surface area (TPSA) is 60.1 Å². The van der Waals surface area contributed by atoms with Crippen LogP contribution in [0.3, 0.4) is 0 Å². The predicted octanol–water partition coefficient (Wildman–Crippen LogP) is 4.96. The number of carbonyl (C=O) groups excluding carboxylic acids is 1. The van der Waals surface area contributed by atoms with E-state index in [1.54, 1.807) is 12.3 Å². The highest BCUT2D eigenvalue weighted by atomic mass is 35.5. The van der Waals surface area contributed by atoms with E-state index in [0.29, 0.717) is 34.4 Å². The van der Waals surface area contributed by atoms with Crippen molar-refractivity contribution in [3.05, 3.63) is 76.7 Å². The van der Waals surface area contributed by atoms with Gasteiger partial charge in [-0.15, -0.1) is 0 Å². The Kier molecular flexibility index (Phi) is 5.37. The molecule has 5 nitrogen and oxygen atoms in total. The maximum absolute atomic E-state index is 12.6. The lowest BCUT2D eigenvalue weighted by atomic mass is 10.2. The fraction of sp³-hybridized carbons (Fsp3) is 0.143. The number of halogens is 2. The Hall–Kier alpha value is -2.76. The van der Waals surface area contributed by atoms with E-state index in [0.717, 1.165) is 16.8 Å². The summed E-state index contributed by atoms with van der Waals surface area (Å²) in [7, 11) is 0. The quantitative estimate of drug-likeness (QED) is 0.485. The first-order valence-electron chi connectivity index (χ1n) is 8.82. The van der Waals surface area contributed by atoms with Gasteiger partial charge in [0.1, 0.15) is 18.1 Å². The van der Waals surface area contributed by atoms with Gasteiger partial charge in [-0.05, 0) is 36.4 Å². The number of imidazole rings is 1. The molecular formula is C21H17Cl2N3O2. The molecule has 0 saturated heterocycles. The third-order valence-electron chi connectivity index (χ3n) is 4.42. The number of furan rings is 1. The molecule has 142 valence electrons. The van der Waals surface area contributed by atoms with E-state index in [-0.39, 0.29) is 12.5 Å². The van der Waals surface area contributed by atoms with E-state index in [2.05, 4.69) is 10.3 Å². The van der Waals surface area contributed by atoms with Crippen LogP contribution in [0.2, 0.25) is 10.0 Å². The molecule has 0 saturated carbocycles. The largest absolute Gasteiger partial charge is 0.469 e. The van der Waals surface area contributed by atoms with Crippen molar-refractivity contribution in [2.75, 3.05) is 6.54 Å². The van der Waals surface area contributed by atoms with Crippen molar-refractivity contribution in [3.8, 4) is 11.4 Å². The lowest BCUT2D eigenvalue weighted by Crippen LogP contribution is -2.29. The highest BCUT2D eigenvalue weighted by Crippen LogP contribution is 2.34. The third-order valence-corrected chi connectivity index (χ3v) is 5.24. The molecule has 0 aliphatic heterocycles. The summed E-state index contributed by atoms with van der Waals surface area (Å²) in [5.41, 5.74) is 2.33. The van der Waals surface area contributed by atoms with E-state index in [1.807, 2.05) is 53.1 Å². The molecule has 0 unspecified atom stereocenters. The second-order valence-electron chi connectivity index (χ2n) is 6.29. The minimum atomic E-state index is -0.117. The average Bonchev–Trinajstić information content (AvgIpc) is 3.33. The number of nitrogens with one attached hydrogen (secondary N) is 1. The van der Waals surface area contributed by atoms with Gasteiger partial charge in [0.05, 0.1) is 27.3 Å². The maximum atomic E-state index is 12.6. The molecule has 0 radical (unpaired) electrons. The number of carbonyl (C=O) groups is 1. The van der Waals surface area contributed by atoms with E-state index >= 15 is 0 Å². The molecule has 28 heavy (non-hydrogen) atoms. The van der Waals surface area contributed by atoms with Gasteiger partial charge in [0.25, 0.3) is 0 Å². The van der Waals surface area contributed by atoms with Crippen LogP contribution in [0.5, 0.6) is 0 Å². The highest BCUT2D eigenvalue weighted by molar-refractivity contribution is 6.43. The Morgan fingerprint density at radius 1 is 1.07 bits per heavy atom. The van der Waals surface area contributed by atoms with Gasteiger partial charge in [0, 0.05) is 18.5 Å². The normalized spacial score (nSPS) is 11.1.